The van der Waals surface area contributed by atoms with Crippen molar-refractivity contribution in [1.82, 2.24) is 15.2 Å². The molecular formula is C24H25N3O2. The molecule has 5 nitrogen and oxygen atoms in total. The molecule has 148 valence electrons. The zero-order chi connectivity index (χ0) is 19.8. The Kier molecular flexibility index (Phi) is 4.58. The first-order chi connectivity index (χ1) is 14.2. The highest BCUT2D eigenvalue weighted by Crippen LogP contribution is 2.33. The molecule has 1 aliphatic heterocycles. The topological polar surface area (TPSA) is 65.2 Å². The van der Waals surface area contributed by atoms with Crippen molar-refractivity contribution in [3.05, 3.63) is 71.9 Å². The molecule has 1 aromatic heterocycles. The second-order valence-corrected chi connectivity index (χ2v) is 8.18. The quantitative estimate of drug-likeness (QED) is 0.681. The number of carbonyl (C=O) groups is 2. The molecule has 1 saturated carbocycles. The Hall–Kier alpha value is -3.08. The van der Waals surface area contributed by atoms with Crippen LogP contribution in [0.4, 0.5) is 0 Å². The maximum atomic E-state index is 12.9. The van der Waals surface area contributed by atoms with Crippen molar-refractivity contribution in [1.29, 1.82) is 0 Å². The average molecular weight is 387 g/mol. The van der Waals surface area contributed by atoms with Gasteiger partial charge in [-0.05, 0) is 30.0 Å². The minimum absolute atomic E-state index is 0.0118. The van der Waals surface area contributed by atoms with Crippen LogP contribution in [-0.2, 0) is 9.59 Å². The van der Waals surface area contributed by atoms with Crippen molar-refractivity contribution in [3.8, 4) is 0 Å². The molecule has 3 aromatic rings. The molecule has 2 amide bonds. The van der Waals surface area contributed by atoms with Gasteiger partial charge in [0.25, 0.3) is 0 Å². The summed E-state index contributed by atoms with van der Waals surface area (Å²) in [6.45, 7) is 1.08. The normalized spacial score (nSPS) is 20.2. The third-order valence-corrected chi connectivity index (χ3v) is 6.20. The second-order valence-electron chi connectivity index (χ2n) is 8.18. The van der Waals surface area contributed by atoms with Crippen molar-refractivity contribution >= 4 is 22.7 Å². The summed E-state index contributed by atoms with van der Waals surface area (Å²) in [5, 5.41) is 4.32. The van der Waals surface area contributed by atoms with E-state index in [9.17, 15) is 9.59 Å². The van der Waals surface area contributed by atoms with Crippen molar-refractivity contribution < 1.29 is 9.59 Å². The molecule has 29 heavy (non-hydrogen) atoms. The van der Waals surface area contributed by atoms with E-state index in [1.165, 1.54) is 16.5 Å². The monoisotopic (exact) mass is 387 g/mol. The van der Waals surface area contributed by atoms with Crippen LogP contribution in [0.15, 0.2) is 60.8 Å². The minimum Gasteiger partial charge on any atom is -0.361 e. The van der Waals surface area contributed by atoms with Crippen LogP contribution in [0.5, 0.6) is 0 Å². The minimum atomic E-state index is -0.234. The van der Waals surface area contributed by atoms with Crippen LogP contribution in [-0.4, -0.2) is 40.8 Å². The van der Waals surface area contributed by atoms with E-state index < -0.39 is 0 Å². The van der Waals surface area contributed by atoms with E-state index in [-0.39, 0.29) is 23.7 Å². The Morgan fingerprint density at radius 2 is 1.86 bits per heavy atom. The van der Waals surface area contributed by atoms with Crippen LogP contribution in [0, 0.1) is 5.92 Å². The Morgan fingerprint density at radius 1 is 1.10 bits per heavy atom. The number of nitrogens with one attached hydrogen (secondary N) is 2. The Balaban J connectivity index is 1.35. The zero-order valence-corrected chi connectivity index (χ0v) is 16.3. The first-order valence-corrected chi connectivity index (χ1v) is 10.4. The molecule has 5 rings (SSSR count). The van der Waals surface area contributed by atoms with Crippen molar-refractivity contribution in [2.75, 3.05) is 13.1 Å². The number of carbonyl (C=O) groups excluding carboxylic acids is 2. The lowest BCUT2D eigenvalue weighted by molar-refractivity contribution is -0.129. The van der Waals surface area contributed by atoms with Gasteiger partial charge in [-0.1, -0.05) is 48.5 Å². The van der Waals surface area contributed by atoms with E-state index in [1.54, 1.807) is 0 Å². The Labute approximate surface area is 170 Å². The predicted molar refractivity (Wildman–Crippen MR) is 112 cm³/mol. The van der Waals surface area contributed by atoms with Gasteiger partial charge in [-0.2, -0.15) is 0 Å². The molecule has 2 aromatic carbocycles. The third-order valence-electron chi connectivity index (χ3n) is 6.20. The van der Waals surface area contributed by atoms with Gasteiger partial charge >= 0.3 is 0 Å². The lowest BCUT2D eigenvalue weighted by atomic mass is 9.90. The fourth-order valence-electron chi connectivity index (χ4n) is 4.47. The summed E-state index contributed by atoms with van der Waals surface area (Å²) in [6, 6.07) is 18.9. The summed E-state index contributed by atoms with van der Waals surface area (Å²) in [5.74, 6) is -0.0680. The van der Waals surface area contributed by atoms with Crippen LogP contribution >= 0.6 is 0 Å². The molecule has 0 unspecified atom stereocenters. The molecule has 0 bridgehead atoms. The number of rotatable bonds is 6. The smallest absolute Gasteiger partial charge is 0.225 e. The van der Waals surface area contributed by atoms with Gasteiger partial charge in [0.15, 0.2) is 0 Å². The molecule has 1 aliphatic carbocycles. The van der Waals surface area contributed by atoms with Crippen molar-refractivity contribution in [3.63, 3.8) is 0 Å². The number of aromatic amines is 1. The molecule has 0 spiro atoms. The standard InChI is InChI=1S/C24H25N3O2/c28-23-12-17(15-27(23)18-10-11-18)24(29)26-13-20(16-6-2-1-3-7-16)21-14-25-22-9-5-4-8-19(21)22/h1-9,14,17-18,20,25H,10-13,15H2,(H,26,29)/t17-,20+/m1/s1. The van der Waals surface area contributed by atoms with Crippen molar-refractivity contribution in [2.24, 2.45) is 5.92 Å². The van der Waals surface area contributed by atoms with Gasteiger partial charge in [-0.3, -0.25) is 9.59 Å². The van der Waals surface area contributed by atoms with Crippen LogP contribution in [0.1, 0.15) is 36.3 Å². The number of likely N-dealkylation sites (tertiary alicyclic amines) is 1. The maximum absolute atomic E-state index is 12.9. The van der Waals surface area contributed by atoms with Crippen LogP contribution < -0.4 is 5.32 Å². The molecule has 2 aliphatic rings. The lowest BCUT2D eigenvalue weighted by Gasteiger charge is -2.20. The summed E-state index contributed by atoms with van der Waals surface area (Å²) >= 11 is 0. The molecule has 2 N–H and O–H groups in total. The first kappa shape index (κ1) is 18.0. The van der Waals surface area contributed by atoms with E-state index in [0.717, 1.165) is 18.4 Å². The van der Waals surface area contributed by atoms with Gasteiger partial charge in [0, 0.05) is 48.6 Å². The van der Waals surface area contributed by atoms with Crippen LogP contribution in [0.3, 0.4) is 0 Å². The number of aromatic nitrogens is 1. The molecule has 1 saturated heterocycles. The van der Waals surface area contributed by atoms with E-state index >= 15 is 0 Å². The van der Waals surface area contributed by atoms with E-state index in [1.807, 2.05) is 41.4 Å². The highest BCUT2D eigenvalue weighted by molar-refractivity contribution is 5.90. The number of hydrogen-bond donors (Lipinski definition) is 2. The molecular weight excluding hydrogens is 362 g/mol. The van der Waals surface area contributed by atoms with Gasteiger partial charge in [-0.25, -0.2) is 0 Å². The first-order valence-electron chi connectivity index (χ1n) is 10.4. The summed E-state index contributed by atoms with van der Waals surface area (Å²) in [6.07, 6.45) is 4.54. The third kappa shape index (κ3) is 3.53. The molecule has 5 heteroatoms. The van der Waals surface area contributed by atoms with Crippen LogP contribution in [0.25, 0.3) is 10.9 Å². The van der Waals surface area contributed by atoms with Gasteiger partial charge < -0.3 is 15.2 Å². The van der Waals surface area contributed by atoms with E-state index in [4.69, 9.17) is 0 Å². The highest BCUT2D eigenvalue weighted by Gasteiger charge is 2.41. The number of fused-ring (bicyclic) bond motifs is 1. The summed E-state index contributed by atoms with van der Waals surface area (Å²) in [7, 11) is 0. The molecule has 2 atom stereocenters. The van der Waals surface area contributed by atoms with Gasteiger partial charge in [0.1, 0.15) is 0 Å². The molecule has 2 heterocycles. The number of para-hydroxylation sites is 1. The van der Waals surface area contributed by atoms with E-state index in [0.29, 0.717) is 25.6 Å². The van der Waals surface area contributed by atoms with E-state index in [2.05, 4.69) is 34.6 Å². The fraction of sp³-hybridized carbons (Fsp3) is 0.333. The summed E-state index contributed by atoms with van der Waals surface area (Å²) in [4.78, 5) is 30.3. The average Bonchev–Trinajstić information content (AvgIpc) is 3.39. The molecule has 0 radical (unpaired) electrons. The number of H-pyrrole nitrogens is 1. The largest absolute Gasteiger partial charge is 0.361 e. The number of benzene rings is 2. The van der Waals surface area contributed by atoms with Gasteiger partial charge in [0.2, 0.25) is 11.8 Å². The Morgan fingerprint density at radius 3 is 2.66 bits per heavy atom. The number of nitrogens with zero attached hydrogens (tertiary/aromatic N) is 1. The van der Waals surface area contributed by atoms with Crippen LogP contribution in [0.2, 0.25) is 0 Å². The number of amides is 2. The Bertz CT molecular complexity index is 1040. The SMILES string of the molecule is O=C(NC[C@@H](c1ccccc1)c1c[nH]c2ccccc12)[C@@H]1CC(=O)N(C2CC2)C1. The lowest BCUT2D eigenvalue weighted by Crippen LogP contribution is -2.36. The fourth-order valence-corrected chi connectivity index (χ4v) is 4.47. The van der Waals surface area contributed by atoms with Gasteiger partial charge in [0.05, 0.1) is 5.92 Å². The molecule has 2 fully saturated rings. The summed E-state index contributed by atoms with van der Waals surface area (Å²) in [5.41, 5.74) is 3.44. The zero-order valence-electron chi connectivity index (χ0n) is 16.3. The predicted octanol–water partition coefficient (Wildman–Crippen LogP) is 3.43. The van der Waals surface area contributed by atoms with Gasteiger partial charge in [-0.15, -0.1) is 0 Å². The number of hydrogen-bond acceptors (Lipinski definition) is 2. The second kappa shape index (κ2) is 7.39. The summed E-state index contributed by atoms with van der Waals surface area (Å²) < 4.78 is 0. The highest BCUT2D eigenvalue weighted by atomic mass is 16.2. The van der Waals surface area contributed by atoms with Crippen molar-refractivity contribution in [2.45, 2.75) is 31.2 Å². The maximum Gasteiger partial charge on any atom is 0.225 e.